The quantitative estimate of drug-likeness (QED) is 0.730. The Bertz CT molecular complexity index is 483. The van der Waals surface area contributed by atoms with Gasteiger partial charge in [-0.05, 0) is 35.8 Å². The molecule has 1 aromatic carbocycles. The SMILES string of the molecule is CC(C)(C)[Si](C)(C)OC[C@H](NC(=O)O)c1ccc(Br)cc1. The molecule has 0 aliphatic carbocycles. The molecule has 0 spiro atoms. The zero-order valence-electron chi connectivity index (χ0n) is 13.2. The Morgan fingerprint density at radius 1 is 1.33 bits per heavy atom. The van der Waals surface area contributed by atoms with Crippen molar-refractivity contribution in [2.24, 2.45) is 0 Å². The van der Waals surface area contributed by atoms with Crippen LogP contribution in [-0.2, 0) is 4.43 Å². The molecule has 0 fully saturated rings. The smallest absolute Gasteiger partial charge is 0.405 e. The molecular formula is C15H24BrNO3Si. The average molecular weight is 374 g/mol. The van der Waals surface area contributed by atoms with Gasteiger partial charge in [0, 0.05) is 4.47 Å². The predicted molar refractivity (Wildman–Crippen MR) is 91.2 cm³/mol. The van der Waals surface area contributed by atoms with Crippen molar-refractivity contribution in [3.05, 3.63) is 34.3 Å². The molecule has 1 amide bonds. The molecule has 1 aromatic rings. The summed E-state index contributed by atoms with van der Waals surface area (Å²) in [4.78, 5) is 11.0. The van der Waals surface area contributed by atoms with E-state index in [2.05, 4.69) is 55.1 Å². The largest absolute Gasteiger partial charge is 0.465 e. The fraction of sp³-hybridized carbons (Fsp3) is 0.533. The summed E-state index contributed by atoms with van der Waals surface area (Å²) in [7, 11) is -1.90. The van der Waals surface area contributed by atoms with Crippen molar-refractivity contribution in [2.75, 3.05) is 6.61 Å². The zero-order valence-corrected chi connectivity index (χ0v) is 15.8. The predicted octanol–water partition coefficient (Wildman–Crippen LogP) is 4.78. The van der Waals surface area contributed by atoms with Gasteiger partial charge in [0.1, 0.15) is 0 Å². The van der Waals surface area contributed by atoms with Crippen LogP contribution in [0.3, 0.4) is 0 Å². The van der Waals surface area contributed by atoms with E-state index in [0.717, 1.165) is 10.0 Å². The highest BCUT2D eigenvalue weighted by atomic mass is 79.9. The van der Waals surface area contributed by atoms with Crippen LogP contribution < -0.4 is 5.32 Å². The number of carboxylic acid groups (broad SMARTS) is 1. The molecule has 0 bridgehead atoms. The van der Waals surface area contributed by atoms with Gasteiger partial charge in [-0.25, -0.2) is 4.79 Å². The molecule has 0 aliphatic rings. The number of nitrogens with one attached hydrogen (secondary N) is 1. The third-order valence-electron chi connectivity index (χ3n) is 3.99. The van der Waals surface area contributed by atoms with Gasteiger partial charge in [0.25, 0.3) is 0 Å². The summed E-state index contributed by atoms with van der Waals surface area (Å²) >= 11 is 3.38. The van der Waals surface area contributed by atoms with Crippen molar-refractivity contribution in [1.29, 1.82) is 0 Å². The van der Waals surface area contributed by atoms with E-state index >= 15 is 0 Å². The molecule has 0 aliphatic heterocycles. The lowest BCUT2D eigenvalue weighted by molar-refractivity contribution is 0.178. The normalized spacial score (nSPS) is 13.8. The van der Waals surface area contributed by atoms with Gasteiger partial charge in [-0.3, -0.25) is 0 Å². The fourth-order valence-electron chi connectivity index (χ4n) is 1.57. The van der Waals surface area contributed by atoms with Crippen LogP contribution in [0.5, 0.6) is 0 Å². The summed E-state index contributed by atoms with van der Waals surface area (Å²) in [5, 5.41) is 11.7. The molecule has 2 N–H and O–H groups in total. The van der Waals surface area contributed by atoms with Crippen LogP contribution in [-0.4, -0.2) is 26.1 Å². The molecule has 0 radical (unpaired) electrons. The minimum Gasteiger partial charge on any atom is -0.465 e. The first kappa shape index (κ1) is 18.2. The van der Waals surface area contributed by atoms with Gasteiger partial charge in [-0.1, -0.05) is 48.8 Å². The van der Waals surface area contributed by atoms with Crippen LogP contribution >= 0.6 is 15.9 Å². The topological polar surface area (TPSA) is 58.6 Å². The lowest BCUT2D eigenvalue weighted by Gasteiger charge is -2.37. The minimum atomic E-state index is -1.90. The molecule has 6 heteroatoms. The number of amides is 1. The lowest BCUT2D eigenvalue weighted by Crippen LogP contribution is -2.43. The van der Waals surface area contributed by atoms with Gasteiger partial charge in [0.05, 0.1) is 12.6 Å². The number of hydrogen-bond donors (Lipinski definition) is 2. The molecule has 0 unspecified atom stereocenters. The summed E-state index contributed by atoms with van der Waals surface area (Å²) in [5.74, 6) is 0. The van der Waals surface area contributed by atoms with Gasteiger partial charge in [-0.2, -0.15) is 0 Å². The maximum absolute atomic E-state index is 11.0. The van der Waals surface area contributed by atoms with Crippen molar-refractivity contribution in [3.63, 3.8) is 0 Å². The van der Waals surface area contributed by atoms with Crippen molar-refractivity contribution in [1.82, 2.24) is 5.32 Å². The Labute approximate surface area is 136 Å². The molecule has 1 atom stereocenters. The number of hydrogen-bond acceptors (Lipinski definition) is 2. The van der Waals surface area contributed by atoms with E-state index in [4.69, 9.17) is 9.53 Å². The van der Waals surface area contributed by atoms with E-state index < -0.39 is 14.4 Å². The monoisotopic (exact) mass is 373 g/mol. The van der Waals surface area contributed by atoms with E-state index in [1.54, 1.807) is 0 Å². The molecule has 0 heterocycles. The van der Waals surface area contributed by atoms with Gasteiger partial charge < -0.3 is 14.8 Å². The number of carbonyl (C=O) groups is 1. The molecule has 21 heavy (non-hydrogen) atoms. The maximum atomic E-state index is 11.0. The van der Waals surface area contributed by atoms with Crippen LogP contribution in [0.25, 0.3) is 0 Å². The summed E-state index contributed by atoms with van der Waals surface area (Å²) < 4.78 is 7.11. The van der Waals surface area contributed by atoms with E-state index in [1.165, 1.54) is 0 Å². The van der Waals surface area contributed by atoms with Crippen LogP contribution in [0, 0.1) is 0 Å². The van der Waals surface area contributed by atoms with E-state index in [-0.39, 0.29) is 11.1 Å². The van der Waals surface area contributed by atoms with E-state index in [9.17, 15) is 4.79 Å². The summed E-state index contributed by atoms with van der Waals surface area (Å²) in [5.41, 5.74) is 0.902. The Hall–Kier alpha value is -0.853. The third kappa shape index (κ3) is 5.45. The second-order valence-corrected chi connectivity index (χ2v) is 12.3. The number of rotatable bonds is 5. The van der Waals surface area contributed by atoms with Gasteiger partial charge in [-0.15, -0.1) is 0 Å². The molecule has 118 valence electrons. The standard InChI is InChI=1S/C15H24BrNO3Si/c1-15(2,3)21(4,5)20-10-13(17-14(18)19)11-6-8-12(16)9-7-11/h6-9,13,17H,10H2,1-5H3,(H,18,19)/t13-/m0/s1. The zero-order chi connectivity index (χ0) is 16.3. The first-order chi connectivity index (χ1) is 9.53. The highest BCUT2D eigenvalue weighted by Crippen LogP contribution is 2.37. The van der Waals surface area contributed by atoms with E-state index in [0.29, 0.717) is 6.61 Å². The minimum absolute atomic E-state index is 0.0977. The number of halogens is 1. The highest BCUT2D eigenvalue weighted by Gasteiger charge is 2.37. The fourth-order valence-corrected chi connectivity index (χ4v) is 2.85. The Kier molecular flexibility index (Phi) is 6.01. The second-order valence-electron chi connectivity index (χ2n) is 6.62. The summed E-state index contributed by atoms with van der Waals surface area (Å²) in [6.45, 7) is 11.2. The summed E-state index contributed by atoms with van der Waals surface area (Å²) in [6.07, 6.45) is -1.04. The Balaban J connectivity index is 2.85. The van der Waals surface area contributed by atoms with Crippen LogP contribution in [0.2, 0.25) is 18.1 Å². The molecule has 1 rings (SSSR count). The highest BCUT2D eigenvalue weighted by molar-refractivity contribution is 9.10. The van der Waals surface area contributed by atoms with Crippen molar-refractivity contribution >= 4 is 30.3 Å². The van der Waals surface area contributed by atoms with Gasteiger partial charge in [0.15, 0.2) is 8.32 Å². The van der Waals surface area contributed by atoms with Crippen LogP contribution in [0.1, 0.15) is 32.4 Å². The van der Waals surface area contributed by atoms with Crippen LogP contribution in [0.15, 0.2) is 28.7 Å². The molecule has 4 nitrogen and oxygen atoms in total. The molecule has 0 saturated carbocycles. The van der Waals surface area contributed by atoms with Crippen molar-refractivity contribution in [3.8, 4) is 0 Å². The van der Waals surface area contributed by atoms with Gasteiger partial charge >= 0.3 is 6.09 Å². The Morgan fingerprint density at radius 3 is 2.29 bits per heavy atom. The Morgan fingerprint density at radius 2 is 1.86 bits per heavy atom. The van der Waals surface area contributed by atoms with Crippen LogP contribution in [0.4, 0.5) is 4.79 Å². The van der Waals surface area contributed by atoms with Crippen molar-refractivity contribution in [2.45, 2.75) is 44.9 Å². The van der Waals surface area contributed by atoms with E-state index in [1.807, 2.05) is 24.3 Å². The van der Waals surface area contributed by atoms with Crippen molar-refractivity contribution < 1.29 is 14.3 Å². The molecule has 0 saturated heterocycles. The lowest BCUT2D eigenvalue weighted by atomic mass is 10.1. The maximum Gasteiger partial charge on any atom is 0.405 e. The summed E-state index contributed by atoms with van der Waals surface area (Å²) in [6, 6.07) is 7.25. The first-order valence-corrected chi connectivity index (χ1v) is 10.6. The molecule has 0 aromatic heterocycles. The second kappa shape index (κ2) is 6.94. The number of benzene rings is 1. The third-order valence-corrected chi connectivity index (χ3v) is 9.02. The molecular weight excluding hydrogens is 350 g/mol. The first-order valence-electron chi connectivity index (χ1n) is 6.92. The average Bonchev–Trinajstić information content (AvgIpc) is 2.34. The van der Waals surface area contributed by atoms with Gasteiger partial charge in [0.2, 0.25) is 0 Å².